The van der Waals surface area contributed by atoms with Crippen LogP contribution in [0.15, 0.2) is 42.5 Å². The van der Waals surface area contributed by atoms with Crippen LogP contribution in [0.2, 0.25) is 0 Å². The van der Waals surface area contributed by atoms with Crippen LogP contribution in [0.3, 0.4) is 0 Å². The molecule has 0 aromatic heterocycles. The monoisotopic (exact) mass is 439 g/mol. The van der Waals surface area contributed by atoms with Gasteiger partial charge in [0.05, 0.1) is 0 Å². The number of rotatable bonds is 8. The van der Waals surface area contributed by atoms with Crippen molar-refractivity contribution in [2.45, 2.75) is 33.6 Å². The van der Waals surface area contributed by atoms with Gasteiger partial charge < -0.3 is 15.1 Å². The standard InChI is InChI=1S/C25H33N3O2S/c1-4-6-13-27(5-2)22-10-7-20(8-11-22)24(29)26-23-12-9-21(18-19(23)3)25(30)28-14-16-31-17-15-28/h7-12,18H,4-6,13-17H2,1-3H3,(H,26,29). The third-order valence-corrected chi connectivity index (χ3v) is 6.62. The quantitative estimate of drug-likeness (QED) is 0.624. The van der Waals surface area contributed by atoms with Gasteiger partial charge in [-0.3, -0.25) is 9.59 Å². The predicted octanol–water partition coefficient (Wildman–Crippen LogP) is 5.06. The van der Waals surface area contributed by atoms with Crippen molar-refractivity contribution < 1.29 is 9.59 Å². The lowest BCUT2D eigenvalue weighted by Gasteiger charge is -2.26. The van der Waals surface area contributed by atoms with Gasteiger partial charge in [-0.2, -0.15) is 11.8 Å². The van der Waals surface area contributed by atoms with Crippen LogP contribution in [0.1, 0.15) is 53.0 Å². The molecule has 1 fully saturated rings. The number of nitrogens with zero attached hydrogens (tertiary/aromatic N) is 2. The number of aryl methyl sites for hydroxylation is 1. The molecule has 2 amide bonds. The molecule has 0 atom stereocenters. The number of carbonyl (C=O) groups is 2. The number of carbonyl (C=O) groups excluding carboxylic acids is 2. The van der Waals surface area contributed by atoms with Gasteiger partial charge >= 0.3 is 0 Å². The molecule has 1 N–H and O–H groups in total. The molecular formula is C25H33N3O2S. The van der Waals surface area contributed by atoms with Gasteiger partial charge in [0, 0.05) is 60.2 Å². The second-order valence-corrected chi connectivity index (χ2v) is 9.09. The molecule has 0 aliphatic carbocycles. The maximum Gasteiger partial charge on any atom is 0.255 e. The Bertz CT molecular complexity index is 892. The van der Waals surface area contributed by atoms with Crippen molar-refractivity contribution in [1.82, 2.24) is 4.90 Å². The van der Waals surface area contributed by atoms with Crippen LogP contribution in [0.25, 0.3) is 0 Å². The van der Waals surface area contributed by atoms with Gasteiger partial charge in [0.25, 0.3) is 11.8 Å². The molecule has 0 bridgehead atoms. The SMILES string of the molecule is CCCCN(CC)c1ccc(C(=O)Nc2ccc(C(=O)N3CCSCC3)cc2C)cc1. The van der Waals surface area contributed by atoms with E-state index in [1.165, 1.54) is 0 Å². The molecule has 5 nitrogen and oxygen atoms in total. The van der Waals surface area contributed by atoms with Crippen molar-refractivity contribution in [3.63, 3.8) is 0 Å². The molecule has 6 heteroatoms. The number of thioether (sulfide) groups is 1. The van der Waals surface area contributed by atoms with Gasteiger partial charge in [-0.1, -0.05) is 13.3 Å². The number of hydrogen-bond donors (Lipinski definition) is 1. The molecule has 31 heavy (non-hydrogen) atoms. The minimum Gasteiger partial charge on any atom is -0.372 e. The summed E-state index contributed by atoms with van der Waals surface area (Å²) in [4.78, 5) is 29.7. The first-order valence-electron chi connectivity index (χ1n) is 11.2. The molecule has 1 aliphatic rings. The molecule has 2 aromatic carbocycles. The lowest BCUT2D eigenvalue weighted by Crippen LogP contribution is -2.37. The summed E-state index contributed by atoms with van der Waals surface area (Å²) in [7, 11) is 0. The Kier molecular flexibility index (Phi) is 8.41. The van der Waals surface area contributed by atoms with Gasteiger partial charge in [0.1, 0.15) is 0 Å². The maximum absolute atomic E-state index is 12.8. The molecule has 2 aromatic rings. The highest BCUT2D eigenvalue weighted by Gasteiger charge is 2.19. The first-order valence-corrected chi connectivity index (χ1v) is 12.3. The molecule has 1 heterocycles. The largest absolute Gasteiger partial charge is 0.372 e. The van der Waals surface area contributed by atoms with E-state index in [0.29, 0.717) is 11.1 Å². The zero-order valence-electron chi connectivity index (χ0n) is 18.8. The molecule has 0 saturated carbocycles. The molecule has 1 saturated heterocycles. The van der Waals surface area contributed by atoms with Gasteiger partial charge in [-0.05, 0) is 68.3 Å². The van der Waals surface area contributed by atoms with E-state index in [4.69, 9.17) is 0 Å². The van der Waals surface area contributed by atoms with E-state index in [-0.39, 0.29) is 11.8 Å². The summed E-state index contributed by atoms with van der Waals surface area (Å²) in [6.45, 7) is 9.84. The molecule has 0 unspecified atom stereocenters. The number of anilines is 2. The van der Waals surface area contributed by atoms with Crippen molar-refractivity contribution in [2.75, 3.05) is 47.9 Å². The zero-order valence-corrected chi connectivity index (χ0v) is 19.6. The summed E-state index contributed by atoms with van der Waals surface area (Å²) < 4.78 is 0. The lowest BCUT2D eigenvalue weighted by atomic mass is 10.1. The summed E-state index contributed by atoms with van der Waals surface area (Å²) in [5.74, 6) is 1.91. The maximum atomic E-state index is 12.8. The minimum absolute atomic E-state index is 0.0698. The van der Waals surface area contributed by atoms with E-state index >= 15 is 0 Å². The lowest BCUT2D eigenvalue weighted by molar-refractivity contribution is 0.0772. The van der Waals surface area contributed by atoms with Crippen LogP contribution < -0.4 is 10.2 Å². The molecule has 3 rings (SSSR count). The zero-order chi connectivity index (χ0) is 22.2. The van der Waals surface area contributed by atoms with Crippen molar-refractivity contribution >= 4 is 35.0 Å². The highest BCUT2D eigenvalue weighted by Crippen LogP contribution is 2.21. The van der Waals surface area contributed by atoms with Crippen LogP contribution in [0.4, 0.5) is 11.4 Å². The fraction of sp³-hybridized carbons (Fsp3) is 0.440. The number of unbranched alkanes of at least 4 members (excludes halogenated alkanes) is 1. The molecule has 0 radical (unpaired) electrons. The Hall–Kier alpha value is -2.47. The van der Waals surface area contributed by atoms with Crippen molar-refractivity contribution in [1.29, 1.82) is 0 Å². The Labute approximate surface area is 190 Å². The second kappa shape index (κ2) is 11.2. The summed E-state index contributed by atoms with van der Waals surface area (Å²) in [5, 5.41) is 2.99. The first kappa shape index (κ1) is 23.2. The van der Waals surface area contributed by atoms with Crippen molar-refractivity contribution in [2.24, 2.45) is 0 Å². The number of amides is 2. The van der Waals surface area contributed by atoms with Gasteiger partial charge in [-0.25, -0.2) is 0 Å². The third kappa shape index (κ3) is 6.03. The van der Waals surface area contributed by atoms with Crippen LogP contribution in [0.5, 0.6) is 0 Å². The molecule has 1 aliphatic heterocycles. The Morgan fingerprint density at radius 3 is 2.32 bits per heavy atom. The van der Waals surface area contributed by atoms with Crippen LogP contribution >= 0.6 is 11.8 Å². The average Bonchev–Trinajstić information content (AvgIpc) is 2.81. The minimum atomic E-state index is -0.140. The average molecular weight is 440 g/mol. The third-order valence-electron chi connectivity index (χ3n) is 5.68. The topological polar surface area (TPSA) is 52.7 Å². The van der Waals surface area contributed by atoms with Crippen molar-refractivity contribution in [3.8, 4) is 0 Å². The van der Waals surface area contributed by atoms with Gasteiger partial charge in [-0.15, -0.1) is 0 Å². The summed E-state index contributed by atoms with van der Waals surface area (Å²) in [5.41, 5.74) is 4.07. The smallest absolute Gasteiger partial charge is 0.255 e. The Balaban J connectivity index is 1.65. The van der Waals surface area contributed by atoms with Gasteiger partial charge in [0.15, 0.2) is 0 Å². The number of nitrogens with one attached hydrogen (secondary N) is 1. The van der Waals surface area contributed by atoms with E-state index in [1.807, 2.05) is 66.1 Å². The number of hydrogen-bond acceptors (Lipinski definition) is 4. The first-order chi connectivity index (χ1) is 15.0. The van der Waals surface area contributed by atoms with E-state index in [1.54, 1.807) is 0 Å². The van der Waals surface area contributed by atoms with E-state index < -0.39 is 0 Å². The normalized spacial score (nSPS) is 13.7. The Morgan fingerprint density at radius 1 is 1.03 bits per heavy atom. The summed E-state index contributed by atoms with van der Waals surface area (Å²) >= 11 is 1.88. The van der Waals surface area contributed by atoms with Gasteiger partial charge in [0.2, 0.25) is 0 Å². The van der Waals surface area contributed by atoms with Crippen LogP contribution in [-0.4, -0.2) is 54.4 Å². The molecule has 0 spiro atoms. The van der Waals surface area contributed by atoms with Crippen LogP contribution in [-0.2, 0) is 0 Å². The highest BCUT2D eigenvalue weighted by atomic mass is 32.2. The summed E-state index contributed by atoms with van der Waals surface area (Å²) in [6.07, 6.45) is 2.32. The predicted molar refractivity (Wildman–Crippen MR) is 132 cm³/mol. The highest BCUT2D eigenvalue weighted by molar-refractivity contribution is 7.99. The fourth-order valence-electron chi connectivity index (χ4n) is 3.72. The summed E-state index contributed by atoms with van der Waals surface area (Å²) in [6, 6.07) is 13.3. The number of benzene rings is 2. The van der Waals surface area contributed by atoms with Crippen LogP contribution in [0, 0.1) is 6.92 Å². The fourth-order valence-corrected chi connectivity index (χ4v) is 4.63. The van der Waals surface area contributed by atoms with E-state index in [2.05, 4.69) is 24.1 Å². The van der Waals surface area contributed by atoms with Crippen molar-refractivity contribution in [3.05, 3.63) is 59.2 Å². The molecule has 166 valence electrons. The second-order valence-electron chi connectivity index (χ2n) is 7.87. The molecular weight excluding hydrogens is 406 g/mol. The Morgan fingerprint density at radius 2 is 1.71 bits per heavy atom. The van der Waals surface area contributed by atoms with E-state index in [0.717, 1.165) is 67.5 Å². The van der Waals surface area contributed by atoms with E-state index in [9.17, 15) is 9.59 Å².